The summed E-state index contributed by atoms with van der Waals surface area (Å²) in [6, 6.07) is 8.86. The van der Waals surface area contributed by atoms with Crippen molar-refractivity contribution in [1.82, 2.24) is 10.2 Å². The first kappa shape index (κ1) is 19.0. The lowest BCUT2D eigenvalue weighted by Gasteiger charge is -2.41. The lowest BCUT2D eigenvalue weighted by Crippen LogP contribution is -2.52. The van der Waals surface area contributed by atoms with Crippen molar-refractivity contribution in [1.29, 1.82) is 0 Å². The summed E-state index contributed by atoms with van der Waals surface area (Å²) in [5.74, 6) is 0.244. The third kappa shape index (κ3) is 3.55. The molecule has 0 spiro atoms. The summed E-state index contributed by atoms with van der Waals surface area (Å²) in [6.45, 7) is 2.91. The normalized spacial score (nSPS) is 28.1. The number of fused-ring (bicyclic) bond motifs is 2. The summed E-state index contributed by atoms with van der Waals surface area (Å²) >= 11 is 6.50. The van der Waals surface area contributed by atoms with E-state index in [-0.39, 0.29) is 18.3 Å². The van der Waals surface area contributed by atoms with Crippen molar-refractivity contribution in [3.63, 3.8) is 0 Å². The Bertz CT molecular complexity index is 619. The zero-order valence-corrected chi connectivity index (χ0v) is 16.0. The Morgan fingerprint density at radius 3 is 2.64 bits per heavy atom. The molecule has 3 saturated heterocycles. The third-order valence-corrected chi connectivity index (χ3v) is 6.29. The van der Waals surface area contributed by atoms with Gasteiger partial charge in [-0.1, -0.05) is 29.8 Å². The Morgan fingerprint density at radius 1 is 1.16 bits per heavy atom. The molecule has 4 rings (SSSR count). The van der Waals surface area contributed by atoms with Crippen molar-refractivity contribution in [2.45, 2.75) is 49.6 Å². The fourth-order valence-corrected chi connectivity index (χ4v) is 4.91. The third-order valence-electron chi connectivity index (χ3n) is 5.96. The number of halogens is 2. The second kappa shape index (κ2) is 7.83. The lowest BCUT2D eigenvalue weighted by molar-refractivity contribution is -0.141. The van der Waals surface area contributed by atoms with Gasteiger partial charge in [-0.25, -0.2) is 0 Å². The number of hydrogen-bond acceptors (Lipinski definition) is 3. The van der Waals surface area contributed by atoms with Gasteiger partial charge in [0, 0.05) is 43.4 Å². The molecule has 25 heavy (non-hydrogen) atoms. The van der Waals surface area contributed by atoms with Crippen LogP contribution in [0.5, 0.6) is 0 Å². The van der Waals surface area contributed by atoms with Crippen molar-refractivity contribution < 1.29 is 9.53 Å². The topological polar surface area (TPSA) is 41.6 Å². The van der Waals surface area contributed by atoms with Gasteiger partial charge in [0.25, 0.3) is 0 Å². The molecule has 2 unspecified atom stereocenters. The van der Waals surface area contributed by atoms with E-state index < -0.39 is 5.41 Å². The number of carbonyl (C=O) groups is 1. The van der Waals surface area contributed by atoms with E-state index in [9.17, 15) is 4.79 Å². The zero-order valence-electron chi connectivity index (χ0n) is 14.4. The van der Waals surface area contributed by atoms with E-state index in [1.54, 1.807) is 0 Å². The van der Waals surface area contributed by atoms with E-state index in [1.807, 2.05) is 24.3 Å². The molecule has 138 valence electrons. The summed E-state index contributed by atoms with van der Waals surface area (Å²) in [7, 11) is 0. The molecule has 1 N–H and O–H groups in total. The maximum atomic E-state index is 13.6. The fourth-order valence-electron chi connectivity index (χ4n) is 4.60. The van der Waals surface area contributed by atoms with Gasteiger partial charge in [-0.3, -0.25) is 4.79 Å². The Kier molecular flexibility index (Phi) is 5.94. The summed E-state index contributed by atoms with van der Waals surface area (Å²) in [5.41, 5.74) is 0.447. The minimum Gasteiger partial charge on any atom is -0.381 e. The number of nitrogens with zero attached hydrogens (tertiary/aromatic N) is 1. The first-order valence-corrected chi connectivity index (χ1v) is 9.45. The summed E-state index contributed by atoms with van der Waals surface area (Å²) in [5, 5.41) is 4.36. The second-order valence-electron chi connectivity index (χ2n) is 7.35. The molecule has 2 atom stereocenters. The molecule has 3 heterocycles. The summed E-state index contributed by atoms with van der Waals surface area (Å²) in [4.78, 5) is 15.7. The van der Waals surface area contributed by atoms with Gasteiger partial charge in [-0.2, -0.15) is 0 Å². The number of carbonyl (C=O) groups excluding carboxylic acids is 1. The largest absolute Gasteiger partial charge is 0.381 e. The van der Waals surface area contributed by atoms with E-state index in [0.717, 1.165) is 25.1 Å². The van der Waals surface area contributed by atoms with E-state index in [4.69, 9.17) is 16.3 Å². The number of ether oxygens (including phenoxy) is 1. The Hall–Kier alpha value is -0.810. The molecule has 0 aromatic heterocycles. The summed E-state index contributed by atoms with van der Waals surface area (Å²) in [6.07, 6.45) is 4.91. The smallest absolute Gasteiger partial charge is 0.233 e. The molecule has 2 bridgehead atoms. The maximum absolute atomic E-state index is 13.6. The van der Waals surface area contributed by atoms with Crippen LogP contribution in [0.1, 0.15) is 37.7 Å². The molecule has 0 radical (unpaired) electrons. The average molecular weight is 385 g/mol. The number of nitrogens with one attached hydrogen (secondary N) is 1. The van der Waals surface area contributed by atoms with Gasteiger partial charge in [0.05, 0.1) is 5.41 Å². The van der Waals surface area contributed by atoms with Gasteiger partial charge in [0.15, 0.2) is 0 Å². The van der Waals surface area contributed by atoms with Crippen LogP contribution in [-0.4, -0.2) is 49.2 Å². The van der Waals surface area contributed by atoms with Crippen LogP contribution in [0.3, 0.4) is 0 Å². The molecule has 3 aliphatic heterocycles. The molecule has 3 aliphatic rings. The molecular weight excluding hydrogens is 359 g/mol. The van der Waals surface area contributed by atoms with E-state index in [2.05, 4.69) is 10.2 Å². The lowest BCUT2D eigenvalue weighted by atomic mass is 9.72. The first-order chi connectivity index (χ1) is 11.7. The van der Waals surface area contributed by atoms with Gasteiger partial charge in [-0.05, 0) is 43.7 Å². The maximum Gasteiger partial charge on any atom is 0.233 e. The van der Waals surface area contributed by atoms with E-state index in [1.165, 1.54) is 12.8 Å². The molecular formula is C19H26Cl2N2O2. The second-order valence-corrected chi connectivity index (χ2v) is 7.76. The highest BCUT2D eigenvalue weighted by molar-refractivity contribution is 6.31. The summed E-state index contributed by atoms with van der Waals surface area (Å²) < 4.78 is 5.57. The van der Waals surface area contributed by atoms with Gasteiger partial charge in [0.2, 0.25) is 5.91 Å². The van der Waals surface area contributed by atoms with Crippen LogP contribution >= 0.6 is 24.0 Å². The minimum absolute atomic E-state index is 0. The molecule has 4 nitrogen and oxygen atoms in total. The number of likely N-dealkylation sites (tertiary alicyclic amines) is 1. The van der Waals surface area contributed by atoms with E-state index >= 15 is 0 Å². The van der Waals surface area contributed by atoms with Crippen LogP contribution in [0.2, 0.25) is 5.02 Å². The Labute approximate surface area is 160 Å². The average Bonchev–Trinajstić information content (AvgIpc) is 2.94. The highest BCUT2D eigenvalue weighted by Crippen LogP contribution is 2.40. The van der Waals surface area contributed by atoms with Crippen LogP contribution in [-0.2, 0) is 14.9 Å². The van der Waals surface area contributed by atoms with Crippen LogP contribution in [0.4, 0.5) is 0 Å². The van der Waals surface area contributed by atoms with Gasteiger partial charge >= 0.3 is 0 Å². The van der Waals surface area contributed by atoms with Crippen LogP contribution in [0.15, 0.2) is 24.3 Å². The van der Waals surface area contributed by atoms with Crippen molar-refractivity contribution in [2.75, 3.05) is 26.3 Å². The quantitative estimate of drug-likeness (QED) is 0.851. The van der Waals surface area contributed by atoms with Crippen molar-refractivity contribution in [3.05, 3.63) is 34.9 Å². The van der Waals surface area contributed by atoms with Gasteiger partial charge < -0.3 is 15.0 Å². The highest BCUT2D eigenvalue weighted by atomic mass is 35.5. The molecule has 1 aromatic rings. The predicted octanol–water partition coefficient (Wildman–Crippen LogP) is 3.16. The number of rotatable bonds is 2. The van der Waals surface area contributed by atoms with Crippen LogP contribution in [0, 0.1) is 0 Å². The first-order valence-electron chi connectivity index (χ1n) is 9.07. The predicted molar refractivity (Wildman–Crippen MR) is 102 cm³/mol. The Balaban J connectivity index is 0.00000182. The molecule has 0 saturated carbocycles. The molecule has 1 aromatic carbocycles. The fraction of sp³-hybridized carbons (Fsp3) is 0.632. The van der Waals surface area contributed by atoms with Crippen molar-refractivity contribution in [3.8, 4) is 0 Å². The van der Waals surface area contributed by atoms with Gasteiger partial charge in [0.1, 0.15) is 0 Å². The Morgan fingerprint density at radius 2 is 1.88 bits per heavy atom. The minimum atomic E-state index is -0.528. The van der Waals surface area contributed by atoms with E-state index in [0.29, 0.717) is 43.2 Å². The van der Waals surface area contributed by atoms with Crippen LogP contribution in [0.25, 0.3) is 0 Å². The van der Waals surface area contributed by atoms with Crippen LogP contribution < -0.4 is 5.32 Å². The molecule has 6 heteroatoms. The highest BCUT2D eigenvalue weighted by Gasteiger charge is 2.46. The SMILES string of the molecule is Cl.O=C(N1CCC2CCC(C1)N2)C1(c2ccccc2Cl)CCOCC1. The number of amides is 1. The van der Waals surface area contributed by atoms with Crippen molar-refractivity contribution >= 4 is 29.9 Å². The molecule has 1 amide bonds. The van der Waals surface area contributed by atoms with Gasteiger partial charge in [-0.15, -0.1) is 12.4 Å². The number of hydrogen-bond donors (Lipinski definition) is 1. The number of benzene rings is 1. The zero-order chi connectivity index (χ0) is 16.6. The molecule has 0 aliphatic carbocycles. The molecule has 3 fully saturated rings. The van der Waals surface area contributed by atoms with Crippen molar-refractivity contribution in [2.24, 2.45) is 0 Å². The monoisotopic (exact) mass is 384 g/mol. The standard InChI is InChI=1S/C19H25ClN2O2.ClH/c20-17-4-2-1-3-16(17)19(8-11-24-12-9-19)18(23)22-10-7-14-5-6-15(13-22)21-14;/h1-4,14-15,21H,5-13H2;1H.